The van der Waals surface area contributed by atoms with Crippen LogP contribution in [0.1, 0.15) is 38.2 Å². The topological polar surface area (TPSA) is 55.1 Å². The third-order valence-corrected chi connectivity index (χ3v) is 4.02. The Bertz CT molecular complexity index is 440. The van der Waals surface area contributed by atoms with E-state index in [-0.39, 0.29) is 5.91 Å². The molecular weight excluding hydrogens is 224 g/mol. The van der Waals surface area contributed by atoms with Gasteiger partial charge < -0.3 is 11.1 Å². The molecular formula is C15H22N2O. The van der Waals surface area contributed by atoms with Crippen molar-refractivity contribution in [3.63, 3.8) is 0 Å². The molecule has 0 saturated heterocycles. The summed E-state index contributed by atoms with van der Waals surface area (Å²) in [5, 5.41) is 3.35. The molecule has 1 aromatic rings. The van der Waals surface area contributed by atoms with Gasteiger partial charge in [-0.25, -0.2) is 0 Å². The van der Waals surface area contributed by atoms with Gasteiger partial charge in [0.2, 0.25) is 5.91 Å². The van der Waals surface area contributed by atoms with Crippen LogP contribution in [0.25, 0.3) is 0 Å². The Morgan fingerprint density at radius 3 is 2.61 bits per heavy atom. The molecule has 0 aliphatic heterocycles. The number of anilines is 1. The number of nitrogens with two attached hydrogens (primary N) is 1. The lowest BCUT2D eigenvalue weighted by Gasteiger charge is -2.36. The monoisotopic (exact) mass is 246 g/mol. The van der Waals surface area contributed by atoms with Crippen molar-refractivity contribution in [2.75, 3.05) is 5.32 Å². The van der Waals surface area contributed by atoms with Crippen LogP contribution in [-0.2, 0) is 4.79 Å². The highest BCUT2D eigenvalue weighted by Crippen LogP contribution is 2.35. The van der Waals surface area contributed by atoms with Crippen LogP contribution in [0.2, 0.25) is 0 Å². The molecule has 0 bridgehead atoms. The maximum absolute atomic E-state index is 11.8. The minimum atomic E-state index is -0.642. The maximum atomic E-state index is 11.8. The number of amides is 1. The normalized spacial score (nSPS) is 18.8. The first-order chi connectivity index (χ1) is 8.51. The van der Waals surface area contributed by atoms with Crippen molar-refractivity contribution in [3.8, 4) is 0 Å². The number of benzene rings is 1. The summed E-state index contributed by atoms with van der Waals surface area (Å²) in [6.45, 7) is 3.95. The van der Waals surface area contributed by atoms with Gasteiger partial charge in [-0.1, -0.05) is 37.5 Å². The van der Waals surface area contributed by atoms with Crippen LogP contribution in [0.15, 0.2) is 24.3 Å². The molecule has 0 heterocycles. The van der Waals surface area contributed by atoms with E-state index in [9.17, 15) is 4.79 Å². The number of primary amides is 1. The molecule has 3 N–H and O–H groups in total. The van der Waals surface area contributed by atoms with Crippen LogP contribution in [0.5, 0.6) is 0 Å². The van der Waals surface area contributed by atoms with Gasteiger partial charge in [-0.15, -0.1) is 0 Å². The number of nitrogens with one attached hydrogen (secondary N) is 1. The van der Waals surface area contributed by atoms with E-state index in [1.54, 1.807) is 0 Å². The van der Waals surface area contributed by atoms with Gasteiger partial charge in [0.15, 0.2) is 0 Å². The third-order valence-electron chi connectivity index (χ3n) is 4.02. The molecule has 1 aliphatic rings. The predicted octanol–water partition coefficient (Wildman–Crippen LogP) is 2.84. The number of aryl methyl sites for hydroxylation is 1. The van der Waals surface area contributed by atoms with E-state index >= 15 is 0 Å². The molecule has 18 heavy (non-hydrogen) atoms. The van der Waals surface area contributed by atoms with Crippen molar-refractivity contribution in [1.29, 1.82) is 0 Å². The smallest absolute Gasteiger partial charge is 0.242 e. The molecule has 0 aromatic heterocycles. The van der Waals surface area contributed by atoms with Gasteiger partial charge in [0.1, 0.15) is 5.54 Å². The SMILES string of the molecule is Cc1ccccc1NC(C)(CC1CCC1)C(N)=O. The Labute approximate surface area is 109 Å². The highest BCUT2D eigenvalue weighted by atomic mass is 16.1. The first-order valence-corrected chi connectivity index (χ1v) is 6.65. The zero-order chi connectivity index (χ0) is 13.2. The Morgan fingerprint density at radius 1 is 1.44 bits per heavy atom. The molecule has 2 rings (SSSR count). The van der Waals surface area contributed by atoms with Crippen molar-refractivity contribution in [1.82, 2.24) is 0 Å². The molecule has 98 valence electrons. The summed E-state index contributed by atoms with van der Waals surface area (Å²) in [7, 11) is 0. The van der Waals surface area contributed by atoms with E-state index in [1.807, 2.05) is 38.1 Å². The second-order valence-electron chi connectivity index (χ2n) is 5.64. The zero-order valence-electron chi connectivity index (χ0n) is 11.2. The fraction of sp³-hybridized carbons (Fsp3) is 0.533. The molecule has 1 fully saturated rings. The van der Waals surface area contributed by atoms with Crippen LogP contribution < -0.4 is 11.1 Å². The first-order valence-electron chi connectivity index (χ1n) is 6.65. The van der Waals surface area contributed by atoms with Crippen molar-refractivity contribution in [2.45, 2.75) is 45.1 Å². The van der Waals surface area contributed by atoms with E-state index in [4.69, 9.17) is 5.73 Å². The lowest BCUT2D eigenvalue weighted by atomic mass is 9.76. The zero-order valence-corrected chi connectivity index (χ0v) is 11.2. The molecule has 1 aromatic carbocycles. The summed E-state index contributed by atoms with van der Waals surface area (Å²) in [6.07, 6.45) is 4.55. The summed E-state index contributed by atoms with van der Waals surface area (Å²) < 4.78 is 0. The Morgan fingerprint density at radius 2 is 2.11 bits per heavy atom. The van der Waals surface area contributed by atoms with Crippen LogP contribution >= 0.6 is 0 Å². The Balaban J connectivity index is 2.14. The molecule has 3 heteroatoms. The highest BCUT2D eigenvalue weighted by molar-refractivity contribution is 5.87. The number of carbonyl (C=O) groups is 1. The molecule has 0 radical (unpaired) electrons. The van der Waals surface area contributed by atoms with Crippen LogP contribution in [0.4, 0.5) is 5.69 Å². The molecule has 3 nitrogen and oxygen atoms in total. The average molecular weight is 246 g/mol. The number of rotatable bonds is 5. The van der Waals surface area contributed by atoms with E-state index < -0.39 is 5.54 Å². The number of hydrogen-bond acceptors (Lipinski definition) is 2. The van der Waals surface area contributed by atoms with Crippen LogP contribution in [-0.4, -0.2) is 11.4 Å². The Hall–Kier alpha value is -1.51. The fourth-order valence-corrected chi connectivity index (χ4v) is 2.50. The highest BCUT2D eigenvalue weighted by Gasteiger charge is 2.36. The van der Waals surface area contributed by atoms with Crippen molar-refractivity contribution in [2.24, 2.45) is 11.7 Å². The molecule has 1 atom stereocenters. The van der Waals surface area contributed by atoms with Gasteiger partial charge in [-0.2, -0.15) is 0 Å². The second-order valence-corrected chi connectivity index (χ2v) is 5.64. The Kier molecular flexibility index (Phi) is 3.60. The molecule has 1 unspecified atom stereocenters. The van der Waals surface area contributed by atoms with Crippen LogP contribution in [0, 0.1) is 12.8 Å². The average Bonchev–Trinajstić information content (AvgIpc) is 2.27. The van der Waals surface area contributed by atoms with Crippen molar-refractivity contribution >= 4 is 11.6 Å². The summed E-state index contributed by atoms with van der Waals surface area (Å²) in [5.41, 5.74) is 7.09. The van der Waals surface area contributed by atoms with Gasteiger partial charge in [-0.3, -0.25) is 4.79 Å². The lowest BCUT2D eigenvalue weighted by molar-refractivity contribution is -0.122. The number of para-hydroxylation sites is 1. The minimum Gasteiger partial charge on any atom is -0.371 e. The lowest BCUT2D eigenvalue weighted by Crippen LogP contribution is -2.50. The van der Waals surface area contributed by atoms with Crippen LogP contribution in [0.3, 0.4) is 0 Å². The first kappa shape index (κ1) is 12.9. The summed E-state index contributed by atoms with van der Waals surface area (Å²) in [5.74, 6) is 0.372. The third kappa shape index (κ3) is 2.66. The van der Waals surface area contributed by atoms with Crippen molar-refractivity contribution in [3.05, 3.63) is 29.8 Å². The molecule has 1 aliphatic carbocycles. The van der Waals surface area contributed by atoms with Gasteiger partial charge in [0.25, 0.3) is 0 Å². The fourth-order valence-electron chi connectivity index (χ4n) is 2.50. The van der Waals surface area contributed by atoms with Crippen molar-refractivity contribution < 1.29 is 4.79 Å². The molecule has 0 spiro atoms. The number of carbonyl (C=O) groups excluding carboxylic acids is 1. The molecule has 1 amide bonds. The summed E-state index contributed by atoms with van der Waals surface area (Å²) in [6, 6.07) is 8.00. The van der Waals surface area contributed by atoms with Gasteiger partial charge in [0.05, 0.1) is 0 Å². The van der Waals surface area contributed by atoms with Gasteiger partial charge in [-0.05, 0) is 37.8 Å². The van der Waals surface area contributed by atoms with Gasteiger partial charge >= 0.3 is 0 Å². The predicted molar refractivity (Wildman–Crippen MR) is 74.4 cm³/mol. The summed E-state index contributed by atoms with van der Waals surface area (Å²) in [4.78, 5) is 11.8. The van der Waals surface area contributed by atoms with Gasteiger partial charge in [0, 0.05) is 5.69 Å². The number of hydrogen-bond donors (Lipinski definition) is 2. The van der Waals surface area contributed by atoms with E-state index in [1.165, 1.54) is 19.3 Å². The van der Waals surface area contributed by atoms with E-state index in [0.29, 0.717) is 5.92 Å². The maximum Gasteiger partial charge on any atom is 0.242 e. The van der Waals surface area contributed by atoms with E-state index in [0.717, 1.165) is 17.7 Å². The molecule has 1 saturated carbocycles. The minimum absolute atomic E-state index is 0.266. The quantitative estimate of drug-likeness (QED) is 0.839. The largest absolute Gasteiger partial charge is 0.371 e. The second kappa shape index (κ2) is 5.01. The standard InChI is InChI=1S/C15H22N2O/c1-11-6-3-4-9-13(11)17-15(2,14(16)18)10-12-7-5-8-12/h3-4,6,9,12,17H,5,7-8,10H2,1-2H3,(H2,16,18). The van der Waals surface area contributed by atoms with E-state index in [2.05, 4.69) is 5.32 Å². The summed E-state index contributed by atoms with van der Waals surface area (Å²) >= 11 is 0.